The highest BCUT2D eigenvalue weighted by atomic mass is 16.5. The second-order valence-corrected chi connectivity index (χ2v) is 6.59. The molecule has 1 aliphatic heterocycles. The second-order valence-electron chi connectivity index (χ2n) is 6.59. The standard InChI is InChI=1S/C18H24N4O3/c1-12(23)19-14-8-7-13(18(24)25-2)9-22(10-14)11-17-20-15-5-3-4-6-16(15)21-17/h3-6,13-14H,7-11H2,1-2H3,(H,19,23)(H,20,21)/t13-,14+/m0/s1. The normalized spacial score (nSPS) is 21.7. The molecule has 0 bridgehead atoms. The van der Waals surface area contributed by atoms with E-state index in [-0.39, 0.29) is 23.8 Å². The maximum Gasteiger partial charge on any atom is 0.309 e. The average Bonchev–Trinajstić information content (AvgIpc) is 2.88. The number of methoxy groups -OCH3 is 1. The Labute approximate surface area is 146 Å². The van der Waals surface area contributed by atoms with Crippen LogP contribution >= 0.6 is 0 Å². The topological polar surface area (TPSA) is 87.3 Å². The molecular weight excluding hydrogens is 320 g/mol. The first-order valence-corrected chi connectivity index (χ1v) is 8.56. The molecule has 0 unspecified atom stereocenters. The van der Waals surface area contributed by atoms with Gasteiger partial charge in [0.15, 0.2) is 0 Å². The van der Waals surface area contributed by atoms with Crippen LogP contribution in [0, 0.1) is 5.92 Å². The zero-order chi connectivity index (χ0) is 17.8. The van der Waals surface area contributed by atoms with Crippen molar-refractivity contribution < 1.29 is 14.3 Å². The van der Waals surface area contributed by atoms with Gasteiger partial charge >= 0.3 is 5.97 Å². The largest absolute Gasteiger partial charge is 0.469 e. The van der Waals surface area contributed by atoms with Crippen LogP contribution in [0.25, 0.3) is 11.0 Å². The smallest absolute Gasteiger partial charge is 0.309 e. The Bertz CT molecular complexity index is 725. The maximum absolute atomic E-state index is 12.0. The molecule has 0 saturated carbocycles. The SMILES string of the molecule is COC(=O)[C@H]1CC[C@@H](NC(C)=O)CN(Cc2nc3ccccc3[nH]2)C1. The van der Waals surface area contributed by atoms with E-state index in [9.17, 15) is 9.59 Å². The quantitative estimate of drug-likeness (QED) is 0.820. The van der Waals surface area contributed by atoms with Crippen LogP contribution in [-0.2, 0) is 20.9 Å². The molecule has 2 N–H and O–H groups in total. The first-order valence-electron chi connectivity index (χ1n) is 8.56. The Kier molecular flexibility index (Phi) is 5.33. The average molecular weight is 344 g/mol. The number of nitrogens with one attached hydrogen (secondary N) is 2. The molecule has 7 heteroatoms. The van der Waals surface area contributed by atoms with Crippen LogP contribution in [0.15, 0.2) is 24.3 Å². The third-order valence-electron chi connectivity index (χ3n) is 4.57. The van der Waals surface area contributed by atoms with Crippen molar-refractivity contribution in [1.29, 1.82) is 0 Å². The number of likely N-dealkylation sites (tertiary alicyclic amines) is 1. The van der Waals surface area contributed by atoms with Gasteiger partial charge in [0, 0.05) is 26.1 Å². The summed E-state index contributed by atoms with van der Waals surface area (Å²) in [5.41, 5.74) is 1.92. The van der Waals surface area contributed by atoms with Gasteiger partial charge in [-0.15, -0.1) is 0 Å². The Balaban J connectivity index is 1.76. The Morgan fingerprint density at radius 1 is 1.32 bits per heavy atom. The number of carbonyl (C=O) groups is 2. The highest BCUT2D eigenvalue weighted by Crippen LogP contribution is 2.20. The zero-order valence-electron chi connectivity index (χ0n) is 14.6. The molecule has 2 heterocycles. The third kappa shape index (κ3) is 4.36. The van der Waals surface area contributed by atoms with E-state index in [1.54, 1.807) is 0 Å². The Hall–Kier alpha value is -2.41. The predicted octanol–water partition coefficient (Wildman–Crippen LogP) is 1.45. The summed E-state index contributed by atoms with van der Waals surface area (Å²) in [5, 5.41) is 2.98. The van der Waals surface area contributed by atoms with Crippen LogP contribution in [0.1, 0.15) is 25.6 Å². The Morgan fingerprint density at radius 2 is 2.12 bits per heavy atom. The molecule has 25 heavy (non-hydrogen) atoms. The first-order chi connectivity index (χ1) is 12.0. The maximum atomic E-state index is 12.0. The number of H-pyrrole nitrogens is 1. The van der Waals surface area contributed by atoms with Crippen molar-refractivity contribution in [2.75, 3.05) is 20.2 Å². The van der Waals surface area contributed by atoms with Gasteiger partial charge in [-0.3, -0.25) is 14.5 Å². The lowest BCUT2D eigenvalue weighted by Crippen LogP contribution is -2.42. The van der Waals surface area contributed by atoms with E-state index in [0.29, 0.717) is 26.1 Å². The van der Waals surface area contributed by atoms with Gasteiger partial charge < -0.3 is 15.0 Å². The number of imidazole rings is 1. The molecule has 1 aliphatic rings. The molecule has 0 spiro atoms. The molecule has 1 fully saturated rings. The van der Waals surface area contributed by atoms with Gasteiger partial charge in [-0.1, -0.05) is 12.1 Å². The molecule has 2 aromatic rings. The van der Waals surface area contributed by atoms with E-state index in [2.05, 4.69) is 20.2 Å². The van der Waals surface area contributed by atoms with Crippen LogP contribution in [0.5, 0.6) is 0 Å². The monoisotopic (exact) mass is 344 g/mol. The molecular formula is C18H24N4O3. The van der Waals surface area contributed by atoms with Crippen molar-refractivity contribution in [3.63, 3.8) is 0 Å². The molecule has 3 rings (SSSR count). The fourth-order valence-corrected chi connectivity index (χ4v) is 3.47. The number of aromatic nitrogens is 2. The van der Waals surface area contributed by atoms with Gasteiger partial charge in [0.1, 0.15) is 5.82 Å². The molecule has 1 amide bonds. The van der Waals surface area contributed by atoms with Crippen molar-refractivity contribution in [2.24, 2.45) is 5.92 Å². The summed E-state index contributed by atoms with van der Waals surface area (Å²) >= 11 is 0. The van der Waals surface area contributed by atoms with Gasteiger partial charge in [-0.2, -0.15) is 0 Å². The van der Waals surface area contributed by atoms with Crippen molar-refractivity contribution in [1.82, 2.24) is 20.2 Å². The van der Waals surface area contributed by atoms with Gasteiger partial charge in [0.25, 0.3) is 0 Å². The lowest BCUT2D eigenvalue weighted by molar-refractivity contribution is -0.146. The first kappa shape index (κ1) is 17.4. The minimum Gasteiger partial charge on any atom is -0.469 e. The fraction of sp³-hybridized carbons (Fsp3) is 0.500. The summed E-state index contributed by atoms with van der Waals surface area (Å²) in [6.45, 7) is 3.40. The molecule has 1 aromatic heterocycles. The van der Waals surface area contributed by atoms with Crippen LogP contribution < -0.4 is 5.32 Å². The van der Waals surface area contributed by atoms with Crippen molar-refractivity contribution in [2.45, 2.75) is 32.4 Å². The predicted molar refractivity (Wildman–Crippen MR) is 93.7 cm³/mol. The van der Waals surface area contributed by atoms with E-state index in [4.69, 9.17) is 4.74 Å². The summed E-state index contributed by atoms with van der Waals surface area (Å²) in [4.78, 5) is 33.6. The van der Waals surface area contributed by atoms with Crippen LogP contribution in [0.2, 0.25) is 0 Å². The number of rotatable bonds is 4. The second kappa shape index (κ2) is 7.65. The molecule has 0 aliphatic carbocycles. The third-order valence-corrected chi connectivity index (χ3v) is 4.57. The van der Waals surface area contributed by atoms with Crippen molar-refractivity contribution >= 4 is 22.9 Å². The Morgan fingerprint density at radius 3 is 2.84 bits per heavy atom. The number of amides is 1. The van der Waals surface area contributed by atoms with Crippen LogP contribution in [-0.4, -0.2) is 53.0 Å². The van der Waals surface area contributed by atoms with E-state index in [1.165, 1.54) is 14.0 Å². The number of nitrogens with zero attached hydrogens (tertiary/aromatic N) is 2. The highest BCUT2D eigenvalue weighted by molar-refractivity contribution is 5.75. The van der Waals surface area contributed by atoms with Crippen LogP contribution in [0.4, 0.5) is 0 Å². The number of carbonyl (C=O) groups excluding carboxylic acids is 2. The lowest BCUT2D eigenvalue weighted by Gasteiger charge is -2.24. The number of hydrogen-bond donors (Lipinski definition) is 2. The summed E-state index contributed by atoms with van der Waals surface area (Å²) < 4.78 is 4.93. The summed E-state index contributed by atoms with van der Waals surface area (Å²) in [6.07, 6.45) is 1.46. The zero-order valence-corrected chi connectivity index (χ0v) is 14.6. The van der Waals surface area contributed by atoms with E-state index >= 15 is 0 Å². The van der Waals surface area contributed by atoms with Crippen molar-refractivity contribution in [3.8, 4) is 0 Å². The number of ether oxygens (including phenoxy) is 1. The number of hydrogen-bond acceptors (Lipinski definition) is 5. The fourth-order valence-electron chi connectivity index (χ4n) is 3.47. The summed E-state index contributed by atoms with van der Waals surface area (Å²) in [5.74, 6) is 0.421. The van der Waals surface area contributed by atoms with Crippen molar-refractivity contribution in [3.05, 3.63) is 30.1 Å². The van der Waals surface area contributed by atoms with Gasteiger partial charge in [0.05, 0.1) is 30.6 Å². The number of fused-ring (bicyclic) bond motifs is 1. The molecule has 134 valence electrons. The minimum absolute atomic E-state index is 0.0246. The number of para-hydroxylation sites is 2. The molecule has 2 atom stereocenters. The number of esters is 1. The van der Waals surface area contributed by atoms with E-state index in [0.717, 1.165) is 23.3 Å². The van der Waals surface area contributed by atoms with Gasteiger partial charge in [-0.05, 0) is 25.0 Å². The number of benzene rings is 1. The summed E-state index contributed by atoms with van der Waals surface area (Å²) in [6, 6.07) is 7.91. The molecule has 7 nitrogen and oxygen atoms in total. The minimum atomic E-state index is -0.196. The van der Waals surface area contributed by atoms with E-state index < -0.39 is 0 Å². The molecule has 1 aromatic carbocycles. The molecule has 1 saturated heterocycles. The molecule has 0 radical (unpaired) electrons. The lowest BCUT2D eigenvalue weighted by atomic mass is 10.0. The van der Waals surface area contributed by atoms with Gasteiger partial charge in [-0.25, -0.2) is 4.98 Å². The highest BCUT2D eigenvalue weighted by Gasteiger charge is 2.29. The number of aromatic amines is 1. The van der Waals surface area contributed by atoms with Gasteiger partial charge in [0.2, 0.25) is 5.91 Å². The van der Waals surface area contributed by atoms with Crippen LogP contribution in [0.3, 0.4) is 0 Å². The summed E-state index contributed by atoms with van der Waals surface area (Å²) in [7, 11) is 1.42. The van der Waals surface area contributed by atoms with E-state index in [1.807, 2.05) is 24.3 Å².